The number of ketones is 2. The quantitative estimate of drug-likeness (QED) is 0.396. The average Bonchev–Trinajstić information content (AvgIpc) is 3.50. The maximum absolute atomic E-state index is 17.5. The molecule has 1 saturated heterocycles. The summed E-state index contributed by atoms with van der Waals surface area (Å²) < 4.78 is 46.3. The molecule has 0 radical (unpaired) electrons. The van der Waals surface area contributed by atoms with Crippen LogP contribution in [0.15, 0.2) is 82.1 Å². The molecule has 1 heterocycles. The van der Waals surface area contributed by atoms with Gasteiger partial charge in [0.1, 0.15) is 12.8 Å². The van der Waals surface area contributed by atoms with Gasteiger partial charge in [-0.25, -0.2) is 8.78 Å². The molecule has 0 spiro atoms. The molecule has 10 heteroatoms. The predicted octanol–water partition coefficient (Wildman–Crippen LogP) is 5.06. The van der Waals surface area contributed by atoms with E-state index in [1.54, 1.807) is 18.7 Å². The predicted molar refractivity (Wildman–Crippen MR) is 159 cm³/mol. The second-order valence-corrected chi connectivity index (χ2v) is 14.4. The van der Waals surface area contributed by atoms with Crippen LogP contribution in [0.4, 0.5) is 14.5 Å². The smallest absolute Gasteiger partial charge is 0.193 e. The van der Waals surface area contributed by atoms with E-state index in [9.17, 15) is 19.8 Å². The van der Waals surface area contributed by atoms with Crippen molar-refractivity contribution >= 4 is 29.0 Å². The van der Waals surface area contributed by atoms with Gasteiger partial charge in [-0.1, -0.05) is 36.9 Å². The summed E-state index contributed by atoms with van der Waals surface area (Å²) in [5.41, 5.74) is 0.520. The number of hydrogen-bond acceptors (Lipinski definition) is 8. The highest BCUT2D eigenvalue weighted by molar-refractivity contribution is 7.99. The van der Waals surface area contributed by atoms with Crippen molar-refractivity contribution in [3.05, 3.63) is 77.9 Å². The molecular formula is C34H35F2NO6S. The van der Waals surface area contributed by atoms with E-state index in [0.717, 1.165) is 15.9 Å². The Kier molecular flexibility index (Phi) is 6.81. The third kappa shape index (κ3) is 3.87. The summed E-state index contributed by atoms with van der Waals surface area (Å²) in [6.45, 7) is 2.48. The van der Waals surface area contributed by atoms with Crippen molar-refractivity contribution in [3.63, 3.8) is 0 Å². The molecule has 2 aromatic rings. The van der Waals surface area contributed by atoms with E-state index < -0.39 is 76.8 Å². The number of hydrogen-bond donors (Lipinski definition) is 3. The van der Waals surface area contributed by atoms with E-state index in [1.165, 1.54) is 19.1 Å². The van der Waals surface area contributed by atoms with Crippen LogP contribution < -0.4 is 5.73 Å². The maximum atomic E-state index is 17.5. The summed E-state index contributed by atoms with van der Waals surface area (Å²) in [7, 11) is 0. The number of alkyl halides is 2. The summed E-state index contributed by atoms with van der Waals surface area (Å²) in [5.74, 6) is -2.61. The van der Waals surface area contributed by atoms with Crippen molar-refractivity contribution in [1.82, 2.24) is 0 Å². The number of ether oxygens (including phenoxy) is 2. The number of anilines is 1. The first-order valence-corrected chi connectivity index (χ1v) is 15.8. The Morgan fingerprint density at radius 1 is 1.07 bits per heavy atom. The normalized spacial score (nSPS) is 42.2. The fourth-order valence-electron chi connectivity index (χ4n) is 9.08. The molecule has 7 nitrogen and oxygen atoms in total. The first-order chi connectivity index (χ1) is 20.9. The highest BCUT2D eigenvalue weighted by atomic mass is 32.2. The average molecular weight is 624 g/mol. The zero-order valence-electron chi connectivity index (χ0n) is 24.4. The van der Waals surface area contributed by atoms with Crippen LogP contribution >= 0.6 is 11.8 Å². The van der Waals surface area contributed by atoms with Crippen molar-refractivity contribution in [3.8, 4) is 0 Å². The summed E-state index contributed by atoms with van der Waals surface area (Å²) in [6, 6.07) is 15.1. The van der Waals surface area contributed by atoms with E-state index in [-0.39, 0.29) is 24.8 Å². The minimum absolute atomic E-state index is 0.0383. The zero-order chi connectivity index (χ0) is 31.2. The van der Waals surface area contributed by atoms with Gasteiger partial charge in [0, 0.05) is 37.8 Å². The third-order valence-electron chi connectivity index (χ3n) is 11.2. The number of allylic oxidation sites excluding steroid dienone is 4. The number of benzene rings is 2. The van der Waals surface area contributed by atoms with Crippen molar-refractivity contribution < 1.29 is 38.1 Å². The number of aliphatic hydroxyl groups excluding tert-OH is 2. The summed E-state index contributed by atoms with van der Waals surface area (Å²) in [5, 5.41) is 21.8. The van der Waals surface area contributed by atoms with E-state index >= 15 is 8.78 Å². The molecular weight excluding hydrogens is 588 g/mol. The van der Waals surface area contributed by atoms with E-state index in [4.69, 9.17) is 15.2 Å². The fourth-order valence-corrected chi connectivity index (χ4v) is 9.90. The first-order valence-electron chi connectivity index (χ1n) is 14.9. The molecule has 0 aromatic heterocycles. The number of rotatable bonds is 5. The SMILES string of the molecule is C[C@]12C[C@H](O)[C@@]3(F)[C@@H](C[C@H](F)C4=CC(=O)C=C[C@@]43C)[C@@H]1C[C@H]1O[C@@H](c3ccc(Sc4ccc(N)cc4)cc3)OC12C(=O)CO. The molecule has 4 N–H and O–H groups in total. The highest BCUT2D eigenvalue weighted by Gasteiger charge is 2.80. The number of nitrogen functional groups attached to an aromatic ring is 1. The van der Waals surface area contributed by atoms with Gasteiger partial charge >= 0.3 is 0 Å². The van der Waals surface area contributed by atoms with Crippen LogP contribution in [-0.4, -0.2) is 58.0 Å². The number of carbonyl (C=O) groups excluding carboxylic acids is 2. The molecule has 3 saturated carbocycles. The first kappa shape index (κ1) is 29.8. The third-order valence-corrected chi connectivity index (χ3v) is 12.2. The highest BCUT2D eigenvalue weighted by Crippen LogP contribution is 2.72. The van der Waals surface area contributed by atoms with Gasteiger partial charge in [0.05, 0.1) is 12.2 Å². The minimum atomic E-state index is -2.29. The molecule has 44 heavy (non-hydrogen) atoms. The largest absolute Gasteiger partial charge is 0.399 e. The minimum Gasteiger partial charge on any atom is -0.399 e. The molecule has 0 amide bonds. The standard InChI is InChI=1S/C34H35F2NO6S/c1-31-12-11-20(39)13-25(31)26(35)14-24-23-15-29-34(28(41)17-38,32(23,2)16-27(40)33(24,31)36)43-30(42-29)18-3-7-21(8-4-18)44-22-9-5-19(37)6-10-22/h3-13,23-24,26-27,29-30,38,40H,14-17,37H2,1-2H3/t23-,24-,26-,27-,29+,30+,31-,32-,33-,34?/m0/s1. The van der Waals surface area contributed by atoms with Crippen molar-refractivity contribution in [2.45, 2.75) is 78.8 Å². The Bertz CT molecular complexity index is 1580. The lowest BCUT2D eigenvalue weighted by Crippen LogP contribution is -2.70. The van der Waals surface area contributed by atoms with Crippen LogP contribution in [0.25, 0.3) is 0 Å². The number of nitrogens with two attached hydrogens (primary N) is 1. The fraction of sp³-hybridized carbons (Fsp3) is 0.471. The molecule has 4 fully saturated rings. The zero-order valence-corrected chi connectivity index (χ0v) is 25.2. The Morgan fingerprint density at radius 3 is 2.39 bits per heavy atom. The Balaban J connectivity index is 1.21. The molecule has 7 rings (SSSR count). The maximum Gasteiger partial charge on any atom is 0.193 e. The lowest BCUT2D eigenvalue weighted by Gasteiger charge is -2.63. The molecule has 10 atom stereocenters. The number of carbonyl (C=O) groups is 2. The number of halogens is 2. The van der Waals surface area contributed by atoms with Gasteiger partial charge in [0.25, 0.3) is 0 Å². The van der Waals surface area contributed by atoms with Crippen LogP contribution in [0.1, 0.15) is 45.0 Å². The van der Waals surface area contributed by atoms with Gasteiger partial charge in [-0.15, -0.1) is 0 Å². The van der Waals surface area contributed by atoms with Crippen LogP contribution in [0, 0.1) is 22.7 Å². The van der Waals surface area contributed by atoms with Crippen LogP contribution in [0.3, 0.4) is 0 Å². The molecule has 232 valence electrons. The molecule has 5 aliphatic rings. The summed E-state index contributed by atoms with van der Waals surface area (Å²) in [4.78, 5) is 27.8. The lowest BCUT2D eigenvalue weighted by molar-refractivity contribution is -0.235. The summed E-state index contributed by atoms with van der Waals surface area (Å²) >= 11 is 1.56. The molecule has 0 bridgehead atoms. The monoisotopic (exact) mass is 623 g/mol. The van der Waals surface area contributed by atoms with Gasteiger partial charge in [-0.3, -0.25) is 9.59 Å². The number of fused-ring (bicyclic) bond motifs is 7. The summed E-state index contributed by atoms with van der Waals surface area (Å²) in [6.07, 6.45) is -1.41. The Labute approximate surface area is 258 Å². The van der Waals surface area contributed by atoms with E-state index in [1.807, 2.05) is 48.5 Å². The van der Waals surface area contributed by atoms with Gasteiger partial charge in [0.15, 0.2) is 29.1 Å². The number of Topliss-reactive ketones (excluding diaryl/α,β-unsaturated/α-hetero) is 1. The van der Waals surface area contributed by atoms with Crippen LogP contribution in [-0.2, 0) is 19.1 Å². The topological polar surface area (TPSA) is 119 Å². The molecule has 4 aliphatic carbocycles. The van der Waals surface area contributed by atoms with Gasteiger partial charge in [0.2, 0.25) is 0 Å². The van der Waals surface area contributed by atoms with Crippen LogP contribution in [0.2, 0.25) is 0 Å². The van der Waals surface area contributed by atoms with E-state index in [2.05, 4.69) is 0 Å². The van der Waals surface area contributed by atoms with E-state index in [0.29, 0.717) is 11.3 Å². The van der Waals surface area contributed by atoms with Gasteiger partial charge in [-0.05, 0) is 86.2 Å². The van der Waals surface area contributed by atoms with Gasteiger partial charge < -0.3 is 25.4 Å². The second-order valence-electron chi connectivity index (χ2n) is 13.2. The van der Waals surface area contributed by atoms with Crippen molar-refractivity contribution in [2.24, 2.45) is 22.7 Å². The molecule has 1 unspecified atom stereocenters. The van der Waals surface area contributed by atoms with Crippen LogP contribution in [0.5, 0.6) is 0 Å². The Morgan fingerprint density at radius 2 is 1.73 bits per heavy atom. The van der Waals surface area contributed by atoms with Gasteiger partial charge in [-0.2, -0.15) is 0 Å². The molecule has 1 aliphatic heterocycles. The Hall–Kier alpha value is -2.89. The van der Waals surface area contributed by atoms with Crippen molar-refractivity contribution in [1.29, 1.82) is 0 Å². The van der Waals surface area contributed by atoms with Crippen molar-refractivity contribution in [2.75, 3.05) is 12.3 Å². The number of aliphatic hydroxyl groups is 2. The molecule has 2 aromatic carbocycles. The lowest BCUT2D eigenvalue weighted by atomic mass is 9.44. The second kappa shape index (κ2) is 10.1.